The number of aromatic nitrogens is 2. The molecule has 0 bridgehead atoms. The van der Waals surface area contributed by atoms with E-state index in [1.807, 2.05) is 37.3 Å². The summed E-state index contributed by atoms with van der Waals surface area (Å²) in [6, 6.07) is 11.3. The van der Waals surface area contributed by atoms with Crippen molar-refractivity contribution >= 4 is 10.9 Å². The number of nitrogens with one attached hydrogen (secondary N) is 1. The van der Waals surface area contributed by atoms with E-state index in [0.717, 1.165) is 11.1 Å². The van der Waals surface area contributed by atoms with Crippen LogP contribution in [0.15, 0.2) is 41.2 Å². The van der Waals surface area contributed by atoms with Crippen molar-refractivity contribution in [3.8, 4) is 11.5 Å². The minimum absolute atomic E-state index is 0.120. The van der Waals surface area contributed by atoms with E-state index in [0.29, 0.717) is 34.6 Å². The molecule has 0 atom stereocenters. The highest BCUT2D eigenvalue weighted by molar-refractivity contribution is 5.78. The van der Waals surface area contributed by atoms with Crippen LogP contribution in [-0.2, 0) is 6.42 Å². The lowest BCUT2D eigenvalue weighted by Crippen LogP contribution is -2.12. The molecule has 3 aromatic rings. The van der Waals surface area contributed by atoms with Gasteiger partial charge in [0, 0.05) is 6.42 Å². The molecule has 1 heterocycles. The van der Waals surface area contributed by atoms with Crippen LogP contribution in [0.1, 0.15) is 17.0 Å². The van der Waals surface area contributed by atoms with Gasteiger partial charge in [0.05, 0.1) is 25.1 Å². The molecule has 0 aliphatic heterocycles. The Kier molecular flexibility index (Phi) is 4.02. The molecule has 0 unspecified atom stereocenters. The Balaban J connectivity index is 2.00. The van der Waals surface area contributed by atoms with Gasteiger partial charge < -0.3 is 14.5 Å². The SMILES string of the molecule is COc1ccc(Cc2nc3cc(C)ccc3c(=O)[nH]2)cc1OC. The first kappa shape index (κ1) is 15.1. The van der Waals surface area contributed by atoms with Crippen LogP contribution in [-0.4, -0.2) is 24.2 Å². The van der Waals surface area contributed by atoms with Crippen LogP contribution < -0.4 is 15.0 Å². The topological polar surface area (TPSA) is 64.2 Å². The third-order valence-electron chi connectivity index (χ3n) is 3.73. The maximum atomic E-state index is 12.2. The normalized spacial score (nSPS) is 10.7. The number of ether oxygens (including phenoxy) is 2. The van der Waals surface area contributed by atoms with E-state index in [2.05, 4.69) is 9.97 Å². The summed E-state index contributed by atoms with van der Waals surface area (Å²) in [4.78, 5) is 19.6. The maximum Gasteiger partial charge on any atom is 0.258 e. The second-order valence-electron chi connectivity index (χ2n) is 5.40. The molecular weight excluding hydrogens is 292 g/mol. The fourth-order valence-electron chi connectivity index (χ4n) is 2.57. The Hall–Kier alpha value is -2.82. The van der Waals surface area contributed by atoms with Gasteiger partial charge in [-0.2, -0.15) is 0 Å². The number of H-pyrrole nitrogens is 1. The molecule has 1 N–H and O–H groups in total. The highest BCUT2D eigenvalue weighted by atomic mass is 16.5. The molecule has 0 spiro atoms. The molecular formula is C18H18N2O3. The molecule has 0 aliphatic rings. The number of hydrogen-bond acceptors (Lipinski definition) is 4. The van der Waals surface area contributed by atoms with Crippen molar-refractivity contribution in [3.63, 3.8) is 0 Å². The Labute approximate surface area is 133 Å². The number of rotatable bonds is 4. The van der Waals surface area contributed by atoms with E-state index in [1.54, 1.807) is 20.3 Å². The summed E-state index contributed by atoms with van der Waals surface area (Å²) in [7, 11) is 3.20. The molecule has 0 amide bonds. The molecule has 23 heavy (non-hydrogen) atoms. The van der Waals surface area contributed by atoms with Gasteiger partial charge in [0.15, 0.2) is 11.5 Å². The van der Waals surface area contributed by atoms with Crippen molar-refractivity contribution in [1.29, 1.82) is 0 Å². The smallest absolute Gasteiger partial charge is 0.258 e. The number of hydrogen-bond donors (Lipinski definition) is 1. The fourth-order valence-corrected chi connectivity index (χ4v) is 2.57. The summed E-state index contributed by atoms with van der Waals surface area (Å²) >= 11 is 0. The van der Waals surface area contributed by atoms with Crippen molar-refractivity contribution in [2.75, 3.05) is 14.2 Å². The average Bonchev–Trinajstić information content (AvgIpc) is 2.54. The molecule has 1 aromatic heterocycles. The van der Waals surface area contributed by atoms with E-state index in [4.69, 9.17) is 9.47 Å². The Morgan fingerprint density at radius 2 is 1.83 bits per heavy atom. The molecule has 0 saturated heterocycles. The molecule has 0 aliphatic carbocycles. The number of benzene rings is 2. The minimum Gasteiger partial charge on any atom is -0.493 e. The van der Waals surface area contributed by atoms with Crippen molar-refractivity contribution in [2.24, 2.45) is 0 Å². The quantitative estimate of drug-likeness (QED) is 0.805. The lowest BCUT2D eigenvalue weighted by Gasteiger charge is -2.09. The molecule has 5 nitrogen and oxygen atoms in total. The summed E-state index contributed by atoms with van der Waals surface area (Å²) < 4.78 is 10.5. The van der Waals surface area contributed by atoms with Crippen molar-refractivity contribution in [3.05, 3.63) is 63.7 Å². The van der Waals surface area contributed by atoms with E-state index in [-0.39, 0.29) is 5.56 Å². The van der Waals surface area contributed by atoms with Crippen LogP contribution in [0.4, 0.5) is 0 Å². The zero-order valence-electron chi connectivity index (χ0n) is 13.3. The number of nitrogens with zero attached hydrogens (tertiary/aromatic N) is 1. The zero-order valence-corrected chi connectivity index (χ0v) is 13.3. The average molecular weight is 310 g/mol. The van der Waals surface area contributed by atoms with Gasteiger partial charge in [-0.1, -0.05) is 12.1 Å². The Morgan fingerprint density at radius 1 is 1.04 bits per heavy atom. The van der Waals surface area contributed by atoms with Crippen LogP contribution in [0.3, 0.4) is 0 Å². The Bertz CT molecular complexity index is 916. The molecule has 0 saturated carbocycles. The summed E-state index contributed by atoms with van der Waals surface area (Å²) in [6.07, 6.45) is 0.513. The zero-order chi connectivity index (χ0) is 16.4. The summed E-state index contributed by atoms with van der Waals surface area (Å²) in [5, 5.41) is 0.603. The van der Waals surface area contributed by atoms with E-state index in [1.165, 1.54) is 0 Å². The molecule has 5 heteroatoms. The van der Waals surface area contributed by atoms with E-state index < -0.39 is 0 Å². The van der Waals surface area contributed by atoms with Crippen LogP contribution in [0.2, 0.25) is 0 Å². The van der Waals surface area contributed by atoms with Crippen molar-refractivity contribution < 1.29 is 9.47 Å². The first-order valence-corrected chi connectivity index (χ1v) is 7.31. The van der Waals surface area contributed by atoms with Crippen LogP contribution in [0.5, 0.6) is 11.5 Å². The molecule has 3 rings (SSSR count). The lowest BCUT2D eigenvalue weighted by atomic mass is 10.1. The summed E-state index contributed by atoms with van der Waals surface area (Å²) in [5.41, 5.74) is 2.65. The largest absolute Gasteiger partial charge is 0.493 e. The van der Waals surface area contributed by atoms with E-state index in [9.17, 15) is 4.79 Å². The fraction of sp³-hybridized carbons (Fsp3) is 0.222. The predicted octanol–water partition coefficient (Wildman–Crippen LogP) is 2.84. The number of aryl methyl sites for hydroxylation is 1. The van der Waals surface area contributed by atoms with E-state index >= 15 is 0 Å². The first-order chi connectivity index (χ1) is 11.1. The predicted molar refractivity (Wildman–Crippen MR) is 89.5 cm³/mol. The van der Waals surface area contributed by atoms with Gasteiger partial charge in [-0.25, -0.2) is 4.98 Å². The molecule has 118 valence electrons. The maximum absolute atomic E-state index is 12.2. The third kappa shape index (κ3) is 3.04. The van der Waals surface area contributed by atoms with Gasteiger partial charge in [-0.15, -0.1) is 0 Å². The third-order valence-corrected chi connectivity index (χ3v) is 3.73. The van der Waals surface area contributed by atoms with Gasteiger partial charge in [0.25, 0.3) is 5.56 Å². The molecule has 0 fully saturated rings. The monoisotopic (exact) mass is 310 g/mol. The van der Waals surface area contributed by atoms with Gasteiger partial charge in [-0.3, -0.25) is 4.79 Å². The number of aromatic amines is 1. The standard InChI is InChI=1S/C18H18N2O3/c1-11-4-6-13-14(8-11)19-17(20-18(13)21)10-12-5-7-15(22-2)16(9-12)23-3/h4-9H,10H2,1-3H3,(H,19,20,21). The van der Waals surface area contributed by atoms with Crippen LogP contribution in [0.25, 0.3) is 10.9 Å². The van der Waals surface area contributed by atoms with Crippen molar-refractivity contribution in [2.45, 2.75) is 13.3 Å². The second-order valence-corrected chi connectivity index (χ2v) is 5.40. The van der Waals surface area contributed by atoms with Crippen LogP contribution >= 0.6 is 0 Å². The highest BCUT2D eigenvalue weighted by Crippen LogP contribution is 2.28. The van der Waals surface area contributed by atoms with Gasteiger partial charge in [-0.05, 0) is 42.3 Å². The molecule has 2 aromatic carbocycles. The van der Waals surface area contributed by atoms with Crippen LogP contribution in [0, 0.1) is 6.92 Å². The molecule has 0 radical (unpaired) electrons. The highest BCUT2D eigenvalue weighted by Gasteiger charge is 2.08. The van der Waals surface area contributed by atoms with Gasteiger partial charge in [0.2, 0.25) is 0 Å². The van der Waals surface area contributed by atoms with Gasteiger partial charge in [0.1, 0.15) is 5.82 Å². The summed E-state index contributed by atoms with van der Waals surface area (Å²) in [5.74, 6) is 1.95. The van der Waals surface area contributed by atoms with Gasteiger partial charge >= 0.3 is 0 Å². The minimum atomic E-state index is -0.120. The van der Waals surface area contributed by atoms with Crippen molar-refractivity contribution in [1.82, 2.24) is 9.97 Å². The first-order valence-electron chi connectivity index (χ1n) is 7.31. The number of fused-ring (bicyclic) bond motifs is 1. The lowest BCUT2D eigenvalue weighted by molar-refractivity contribution is 0.354. The summed E-state index contributed by atoms with van der Waals surface area (Å²) in [6.45, 7) is 1.98. The Morgan fingerprint density at radius 3 is 2.57 bits per heavy atom. The number of methoxy groups -OCH3 is 2. The second kappa shape index (κ2) is 6.12.